The molecule has 0 amide bonds. The Bertz CT molecular complexity index is 841. The molecule has 0 heterocycles. The van der Waals surface area contributed by atoms with E-state index in [0.29, 0.717) is 19.3 Å². The predicted octanol–water partition coefficient (Wildman–Crippen LogP) is 14.8. The van der Waals surface area contributed by atoms with Crippen molar-refractivity contribution in [1.82, 2.24) is 0 Å². The molecular formula is C48H92O6. The summed E-state index contributed by atoms with van der Waals surface area (Å²) in [7, 11) is 0. The Hall–Kier alpha value is -1.59. The van der Waals surface area contributed by atoms with Crippen LogP contribution in [0.25, 0.3) is 0 Å². The fourth-order valence-corrected chi connectivity index (χ4v) is 6.99. The van der Waals surface area contributed by atoms with Crippen LogP contribution in [-0.4, -0.2) is 37.2 Å². The fourth-order valence-electron chi connectivity index (χ4n) is 6.99. The van der Waals surface area contributed by atoms with Crippen molar-refractivity contribution < 1.29 is 28.6 Å². The number of rotatable bonds is 41. The summed E-state index contributed by atoms with van der Waals surface area (Å²) in [5.41, 5.74) is 0. The Morgan fingerprint density at radius 1 is 0.370 bits per heavy atom. The van der Waals surface area contributed by atoms with Crippen molar-refractivity contribution in [3.05, 3.63) is 0 Å². The molecule has 2 unspecified atom stereocenters. The first-order valence-electron chi connectivity index (χ1n) is 23.7. The number of unbranched alkanes of at least 4 members (excludes halogenated alkanes) is 22. The molecule has 0 radical (unpaired) electrons. The van der Waals surface area contributed by atoms with Crippen molar-refractivity contribution in [2.24, 2.45) is 17.8 Å². The van der Waals surface area contributed by atoms with Crippen LogP contribution in [0.1, 0.15) is 253 Å². The van der Waals surface area contributed by atoms with Crippen LogP contribution in [0.4, 0.5) is 0 Å². The SMILES string of the molecule is CCC(C)CCCCCCCCCCCCC(=O)O[C@@H](COC(=O)CCCCCCCCCCC(C)CC)COC(=O)CCCCCCCCCC(C)C. The van der Waals surface area contributed by atoms with E-state index >= 15 is 0 Å². The Morgan fingerprint density at radius 2 is 0.648 bits per heavy atom. The average molecular weight is 765 g/mol. The van der Waals surface area contributed by atoms with Gasteiger partial charge in [-0.25, -0.2) is 0 Å². The fraction of sp³-hybridized carbons (Fsp3) is 0.938. The molecule has 0 N–H and O–H groups in total. The molecule has 0 fully saturated rings. The highest BCUT2D eigenvalue weighted by Crippen LogP contribution is 2.18. The Balaban J connectivity index is 4.35. The maximum Gasteiger partial charge on any atom is 0.306 e. The molecule has 0 aliphatic heterocycles. The van der Waals surface area contributed by atoms with Gasteiger partial charge in [0.1, 0.15) is 13.2 Å². The van der Waals surface area contributed by atoms with Gasteiger partial charge in [0.25, 0.3) is 0 Å². The highest BCUT2D eigenvalue weighted by atomic mass is 16.6. The third kappa shape index (κ3) is 38.7. The summed E-state index contributed by atoms with van der Waals surface area (Å²) in [6.45, 7) is 13.7. The van der Waals surface area contributed by atoms with E-state index in [0.717, 1.165) is 75.5 Å². The van der Waals surface area contributed by atoms with E-state index in [2.05, 4.69) is 41.5 Å². The lowest BCUT2D eigenvalue weighted by molar-refractivity contribution is -0.167. The van der Waals surface area contributed by atoms with E-state index in [1.807, 2.05) is 0 Å². The minimum Gasteiger partial charge on any atom is -0.462 e. The van der Waals surface area contributed by atoms with Crippen molar-refractivity contribution in [1.29, 1.82) is 0 Å². The molecule has 6 heteroatoms. The molecule has 54 heavy (non-hydrogen) atoms. The second-order valence-corrected chi connectivity index (χ2v) is 17.4. The Morgan fingerprint density at radius 3 is 0.963 bits per heavy atom. The van der Waals surface area contributed by atoms with Gasteiger partial charge in [-0.1, -0.05) is 215 Å². The van der Waals surface area contributed by atoms with Crippen molar-refractivity contribution in [2.75, 3.05) is 13.2 Å². The smallest absolute Gasteiger partial charge is 0.306 e. The van der Waals surface area contributed by atoms with Gasteiger partial charge in [0.05, 0.1) is 0 Å². The van der Waals surface area contributed by atoms with Crippen LogP contribution >= 0.6 is 0 Å². The normalized spacial score (nSPS) is 13.2. The molecular weight excluding hydrogens is 673 g/mol. The highest BCUT2D eigenvalue weighted by Gasteiger charge is 2.19. The topological polar surface area (TPSA) is 78.9 Å². The van der Waals surface area contributed by atoms with Gasteiger partial charge in [0.15, 0.2) is 6.10 Å². The first-order valence-corrected chi connectivity index (χ1v) is 23.7. The first-order chi connectivity index (χ1) is 26.2. The standard InChI is InChI=1S/C48H92O6/c1-7-43(5)35-29-23-17-11-9-10-12-20-27-33-39-48(51)54-45(41-53-47(50)38-32-26-21-15-16-22-28-34-42(3)4)40-52-46(49)37-31-25-19-14-13-18-24-30-36-44(6)8-2/h42-45H,7-41H2,1-6H3/t43?,44?,45-/m0/s1. The Labute approximate surface area is 336 Å². The second-order valence-electron chi connectivity index (χ2n) is 17.4. The highest BCUT2D eigenvalue weighted by molar-refractivity contribution is 5.71. The third-order valence-electron chi connectivity index (χ3n) is 11.4. The molecule has 6 nitrogen and oxygen atoms in total. The summed E-state index contributed by atoms with van der Waals surface area (Å²) in [5, 5.41) is 0. The van der Waals surface area contributed by atoms with E-state index in [1.54, 1.807) is 0 Å². The molecule has 0 aromatic rings. The van der Waals surface area contributed by atoms with Crippen molar-refractivity contribution >= 4 is 17.9 Å². The molecule has 0 spiro atoms. The van der Waals surface area contributed by atoms with E-state index in [4.69, 9.17) is 14.2 Å². The largest absolute Gasteiger partial charge is 0.462 e. The zero-order valence-corrected chi connectivity index (χ0v) is 37.0. The minimum absolute atomic E-state index is 0.0665. The Kier molecular flexibility index (Phi) is 38.5. The monoisotopic (exact) mass is 765 g/mol. The summed E-state index contributed by atoms with van der Waals surface area (Å²) in [6.07, 6.45) is 36.5. The van der Waals surface area contributed by atoms with Crippen LogP contribution in [0.2, 0.25) is 0 Å². The van der Waals surface area contributed by atoms with Gasteiger partial charge in [0.2, 0.25) is 0 Å². The second kappa shape index (κ2) is 39.6. The van der Waals surface area contributed by atoms with Gasteiger partial charge < -0.3 is 14.2 Å². The molecule has 3 atom stereocenters. The summed E-state index contributed by atoms with van der Waals surface area (Å²) < 4.78 is 16.7. The number of hydrogen-bond donors (Lipinski definition) is 0. The first kappa shape index (κ1) is 52.4. The summed E-state index contributed by atoms with van der Waals surface area (Å²) >= 11 is 0. The zero-order chi connectivity index (χ0) is 39.9. The van der Waals surface area contributed by atoms with Crippen LogP contribution in [0.5, 0.6) is 0 Å². The van der Waals surface area contributed by atoms with Gasteiger partial charge in [-0.15, -0.1) is 0 Å². The lowest BCUT2D eigenvalue weighted by Gasteiger charge is -2.18. The number of carbonyl (C=O) groups excluding carboxylic acids is 3. The molecule has 0 aliphatic rings. The summed E-state index contributed by atoms with van der Waals surface area (Å²) in [4.78, 5) is 37.8. The van der Waals surface area contributed by atoms with Crippen LogP contribution in [0.15, 0.2) is 0 Å². The molecule has 0 bridgehead atoms. The van der Waals surface area contributed by atoms with Crippen molar-refractivity contribution in [3.8, 4) is 0 Å². The molecule has 320 valence electrons. The lowest BCUT2D eigenvalue weighted by atomic mass is 9.99. The van der Waals surface area contributed by atoms with Gasteiger partial charge in [0, 0.05) is 19.3 Å². The minimum atomic E-state index is -0.762. The van der Waals surface area contributed by atoms with E-state index in [1.165, 1.54) is 135 Å². The van der Waals surface area contributed by atoms with Gasteiger partial charge >= 0.3 is 17.9 Å². The maximum atomic E-state index is 12.7. The quantitative estimate of drug-likeness (QED) is 0.0350. The van der Waals surface area contributed by atoms with Gasteiger partial charge in [-0.3, -0.25) is 14.4 Å². The number of hydrogen-bond acceptors (Lipinski definition) is 6. The van der Waals surface area contributed by atoms with Gasteiger partial charge in [-0.2, -0.15) is 0 Å². The van der Waals surface area contributed by atoms with E-state index in [9.17, 15) is 14.4 Å². The summed E-state index contributed by atoms with van der Waals surface area (Å²) in [5.74, 6) is 1.63. The molecule has 0 aliphatic carbocycles. The van der Waals surface area contributed by atoms with Crippen LogP contribution in [0, 0.1) is 17.8 Å². The maximum absolute atomic E-state index is 12.7. The third-order valence-corrected chi connectivity index (χ3v) is 11.4. The van der Waals surface area contributed by atoms with Crippen LogP contribution in [0.3, 0.4) is 0 Å². The van der Waals surface area contributed by atoms with E-state index in [-0.39, 0.29) is 31.1 Å². The molecule has 0 aromatic carbocycles. The lowest BCUT2D eigenvalue weighted by Crippen LogP contribution is -2.30. The number of ether oxygens (including phenoxy) is 3. The van der Waals surface area contributed by atoms with Crippen LogP contribution < -0.4 is 0 Å². The summed E-state index contributed by atoms with van der Waals surface area (Å²) in [6, 6.07) is 0. The molecule has 0 saturated heterocycles. The number of carbonyl (C=O) groups is 3. The predicted molar refractivity (Wildman–Crippen MR) is 229 cm³/mol. The average Bonchev–Trinajstić information content (AvgIpc) is 3.15. The van der Waals surface area contributed by atoms with Crippen molar-refractivity contribution in [2.45, 2.75) is 260 Å². The number of esters is 3. The molecule has 0 rings (SSSR count). The van der Waals surface area contributed by atoms with E-state index < -0.39 is 6.10 Å². The molecule has 0 saturated carbocycles. The van der Waals surface area contributed by atoms with Crippen molar-refractivity contribution in [3.63, 3.8) is 0 Å². The van der Waals surface area contributed by atoms with Gasteiger partial charge in [-0.05, 0) is 37.0 Å². The molecule has 0 aromatic heterocycles. The van der Waals surface area contributed by atoms with Crippen LogP contribution in [-0.2, 0) is 28.6 Å². The zero-order valence-electron chi connectivity index (χ0n) is 37.0.